The molecule has 0 saturated heterocycles. The minimum absolute atomic E-state index is 0.0275. The fourth-order valence-electron chi connectivity index (χ4n) is 2.13. The lowest BCUT2D eigenvalue weighted by Crippen LogP contribution is -2.32. The predicted molar refractivity (Wildman–Crippen MR) is 83.5 cm³/mol. The lowest BCUT2D eigenvalue weighted by atomic mass is 10.0. The lowest BCUT2D eigenvalue weighted by Gasteiger charge is -2.19. The third kappa shape index (κ3) is 5.27. The average Bonchev–Trinajstić information content (AvgIpc) is 3.09. The van der Waals surface area contributed by atoms with Gasteiger partial charge in [-0.2, -0.15) is 13.2 Å². The lowest BCUT2D eigenvalue weighted by molar-refractivity contribution is -0.204. The SMILES string of the molecule is CC(CCC(N)C(O)c1nnc(-c2ccccc2)o1)OC(=O)C(F)(F)F. The summed E-state index contributed by atoms with van der Waals surface area (Å²) in [4.78, 5) is 10.8. The van der Waals surface area contributed by atoms with Crippen molar-refractivity contribution in [3.63, 3.8) is 0 Å². The van der Waals surface area contributed by atoms with Gasteiger partial charge in [0.2, 0.25) is 11.8 Å². The molecule has 0 aliphatic heterocycles. The largest absolute Gasteiger partial charge is 0.490 e. The van der Waals surface area contributed by atoms with E-state index in [1.165, 1.54) is 6.92 Å². The smallest absolute Gasteiger partial charge is 0.456 e. The number of carbonyl (C=O) groups is 1. The second kappa shape index (κ2) is 8.28. The number of aliphatic hydroxyl groups excluding tert-OH is 1. The zero-order valence-electron chi connectivity index (χ0n) is 13.8. The third-order valence-corrected chi connectivity index (χ3v) is 3.57. The van der Waals surface area contributed by atoms with Gasteiger partial charge in [-0.05, 0) is 31.9 Å². The summed E-state index contributed by atoms with van der Waals surface area (Å²) >= 11 is 0. The molecule has 26 heavy (non-hydrogen) atoms. The zero-order valence-corrected chi connectivity index (χ0v) is 13.8. The first-order chi connectivity index (χ1) is 12.2. The Morgan fingerprint density at radius 1 is 1.27 bits per heavy atom. The Balaban J connectivity index is 1.89. The van der Waals surface area contributed by atoms with Gasteiger partial charge in [-0.3, -0.25) is 0 Å². The molecule has 7 nitrogen and oxygen atoms in total. The maximum Gasteiger partial charge on any atom is 0.490 e. The van der Waals surface area contributed by atoms with Crippen LogP contribution in [0.5, 0.6) is 0 Å². The number of nitrogens with zero attached hydrogens (tertiary/aromatic N) is 2. The first kappa shape index (κ1) is 19.9. The number of halogens is 3. The van der Waals surface area contributed by atoms with Gasteiger partial charge in [-0.25, -0.2) is 4.79 Å². The van der Waals surface area contributed by atoms with Crippen LogP contribution in [0.4, 0.5) is 13.2 Å². The molecular weight excluding hydrogens is 355 g/mol. The summed E-state index contributed by atoms with van der Waals surface area (Å²) in [6, 6.07) is 8.00. The van der Waals surface area contributed by atoms with Gasteiger partial charge in [0.25, 0.3) is 0 Å². The minimum Gasteiger partial charge on any atom is -0.456 e. The number of carbonyl (C=O) groups excluding carboxylic acids is 1. The predicted octanol–water partition coefficient (Wildman–Crippen LogP) is 2.37. The van der Waals surface area contributed by atoms with Gasteiger partial charge >= 0.3 is 12.1 Å². The van der Waals surface area contributed by atoms with Gasteiger partial charge in [0.1, 0.15) is 6.10 Å². The summed E-state index contributed by atoms with van der Waals surface area (Å²) in [6.07, 6.45) is -7.25. The first-order valence-electron chi connectivity index (χ1n) is 7.78. The molecule has 0 amide bonds. The second-order valence-electron chi connectivity index (χ2n) is 5.71. The molecule has 0 spiro atoms. The normalized spacial score (nSPS) is 15.3. The van der Waals surface area contributed by atoms with Gasteiger partial charge in [0.15, 0.2) is 0 Å². The molecule has 1 aromatic heterocycles. The van der Waals surface area contributed by atoms with E-state index in [-0.39, 0.29) is 24.6 Å². The topological polar surface area (TPSA) is 111 Å². The van der Waals surface area contributed by atoms with Crippen molar-refractivity contribution < 1.29 is 32.2 Å². The van der Waals surface area contributed by atoms with Crippen LogP contribution in [0.2, 0.25) is 0 Å². The number of ether oxygens (including phenoxy) is 1. The highest BCUT2D eigenvalue weighted by atomic mass is 19.4. The molecule has 142 valence electrons. The molecule has 0 bridgehead atoms. The minimum atomic E-state index is -5.05. The molecule has 0 aliphatic rings. The van der Waals surface area contributed by atoms with E-state index in [1.54, 1.807) is 24.3 Å². The molecule has 0 fully saturated rings. The number of benzene rings is 1. The average molecular weight is 373 g/mol. The van der Waals surface area contributed by atoms with Crippen LogP contribution in [0, 0.1) is 0 Å². The van der Waals surface area contributed by atoms with E-state index >= 15 is 0 Å². The van der Waals surface area contributed by atoms with Crippen molar-refractivity contribution in [2.45, 2.75) is 44.2 Å². The molecule has 1 heterocycles. The Labute approximate surface area is 147 Å². The van der Waals surface area contributed by atoms with Gasteiger partial charge in [-0.1, -0.05) is 18.2 Å². The number of aromatic nitrogens is 2. The molecular formula is C16H18F3N3O4. The molecule has 3 N–H and O–H groups in total. The Morgan fingerprint density at radius 2 is 1.92 bits per heavy atom. The van der Waals surface area contributed by atoms with Crippen LogP contribution < -0.4 is 5.73 Å². The standard InChI is InChI=1S/C16H18F3N3O4/c1-9(25-15(24)16(17,18)19)7-8-11(20)12(23)14-22-21-13(26-14)10-5-3-2-4-6-10/h2-6,9,11-12,23H,7-8,20H2,1H3. The number of hydrogen-bond donors (Lipinski definition) is 2. The number of alkyl halides is 3. The van der Waals surface area contributed by atoms with Crippen molar-refractivity contribution in [1.29, 1.82) is 0 Å². The first-order valence-corrected chi connectivity index (χ1v) is 7.78. The molecule has 3 unspecified atom stereocenters. The third-order valence-electron chi connectivity index (χ3n) is 3.57. The van der Waals surface area contributed by atoms with Crippen molar-refractivity contribution in [3.8, 4) is 11.5 Å². The Hall–Kier alpha value is -2.46. The summed E-state index contributed by atoms with van der Waals surface area (Å²) in [6.45, 7) is 1.31. The van der Waals surface area contributed by atoms with Crippen LogP contribution in [0.3, 0.4) is 0 Å². The van der Waals surface area contributed by atoms with Crippen molar-refractivity contribution in [2.24, 2.45) is 5.73 Å². The quantitative estimate of drug-likeness (QED) is 0.717. The molecule has 2 aromatic rings. The Morgan fingerprint density at radius 3 is 2.54 bits per heavy atom. The van der Waals surface area contributed by atoms with Crippen LogP contribution >= 0.6 is 0 Å². The van der Waals surface area contributed by atoms with Crippen LogP contribution in [0.25, 0.3) is 11.5 Å². The van der Waals surface area contributed by atoms with Crippen LogP contribution in [-0.2, 0) is 9.53 Å². The van der Waals surface area contributed by atoms with Gasteiger partial charge in [0, 0.05) is 11.6 Å². The maximum absolute atomic E-state index is 12.1. The molecule has 1 aromatic carbocycles. The number of esters is 1. The van der Waals surface area contributed by atoms with Gasteiger partial charge in [0.05, 0.1) is 6.10 Å². The molecule has 0 radical (unpaired) electrons. The fraction of sp³-hybridized carbons (Fsp3) is 0.438. The van der Waals surface area contributed by atoms with Crippen molar-refractivity contribution >= 4 is 5.97 Å². The number of hydrogen-bond acceptors (Lipinski definition) is 7. The highest BCUT2D eigenvalue weighted by molar-refractivity contribution is 5.75. The van der Waals surface area contributed by atoms with E-state index < -0.39 is 30.4 Å². The van der Waals surface area contributed by atoms with E-state index in [0.29, 0.717) is 5.56 Å². The molecule has 3 atom stereocenters. The van der Waals surface area contributed by atoms with Crippen LogP contribution in [-0.4, -0.2) is 39.6 Å². The van der Waals surface area contributed by atoms with Crippen LogP contribution in [0.1, 0.15) is 31.8 Å². The van der Waals surface area contributed by atoms with Gasteiger partial charge < -0.3 is 20.0 Å². The maximum atomic E-state index is 12.1. The molecule has 0 saturated carbocycles. The molecule has 10 heteroatoms. The summed E-state index contributed by atoms with van der Waals surface area (Å²) in [5, 5.41) is 17.7. The zero-order chi connectivity index (χ0) is 19.3. The highest BCUT2D eigenvalue weighted by Gasteiger charge is 2.41. The molecule has 2 rings (SSSR count). The van der Waals surface area contributed by atoms with Crippen molar-refractivity contribution in [3.05, 3.63) is 36.2 Å². The summed E-state index contributed by atoms with van der Waals surface area (Å²) in [5.41, 5.74) is 6.49. The number of aliphatic hydroxyl groups is 1. The van der Waals surface area contributed by atoms with Crippen molar-refractivity contribution in [1.82, 2.24) is 10.2 Å². The fourth-order valence-corrected chi connectivity index (χ4v) is 2.13. The second-order valence-corrected chi connectivity index (χ2v) is 5.71. The van der Waals surface area contributed by atoms with Gasteiger partial charge in [-0.15, -0.1) is 10.2 Å². The summed E-state index contributed by atoms with van der Waals surface area (Å²) < 4.78 is 46.0. The van der Waals surface area contributed by atoms with E-state index in [1.807, 2.05) is 6.07 Å². The highest BCUT2D eigenvalue weighted by Crippen LogP contribution is 2.24. The summed E-state index contributed by atoms with van der Waals surface area (Å²) in [5.74, 6) is -2.15. The Kier molecular flexibility index (Phi) is 6.32. The van der Waals surface area contributed by atoms with E-state index in [2.05, 4.69) is 14.9 Å². The Bertz CT molecular complexity index is 721. The van der Waals surface area contributed by atoms with E-state index in [0.717, 1.165) is 0 Å². The van der Waals surface area contributed by atoms with Crippen molar-refractivity contribution in [2.75, 3.05) is 0 Å². The molecule has 0 aliphatic carbocycles. The summed E-state index contributed by atoms with van der Waals surface area (Å²) in [7, 11) is 0. The number of rotatable bonds is 7. The van der Waals surface area contributed by atoms with Crippen LogP contribution in [0.15, 0.2) is 34.7 Å². The number of nitrogens with two attached hydrogens (primary N) is 1. The van der Waals surface area contributed by atoms with E-state index in [4.69, 9.17) is 10.2 Å². The van der Waals surface area contributed by atoms with E-state index in [9.17, 15) is 23.1 Å². The monoisotopic (exact) mass is 373 g/mol.